The third-order valence-electron chi connectivity index (χ3n) is 6.49. The van der Waals surface area contributed by atoms with Gasteiger partial charge < -0.3 is 14.9 Å². The fourth-order valence-electron chi connectivity index (χ4n) is 4.73. The number of likely N-dealkylation sites (tertiary alicyclic amines) is 1. The lowest BCUT2D eigenvalue weighted by atomic mass is 10.1. The first-order valence-electron chi connectivity index (χ1n) is 10.3. The molecule has 1 aliphatic carbocycles. The first-order valence-corrected chi connectivity index (χ1v) is 10.3. The number of pyridine rings is 1. The van der Waals surface area contributed by atoms with Gasteiger partial charge in [0.05, 0.1) is 18.3 Å². The maximum absolute atomic E-state index is 13.4. The molecule has 1 aromatic carbocycles. The zero-order valence-electron chi connectivity index (χ0n) is 17.4. The number of hydrogen-bond donors (Lipinski definition) is 1. The Labute approximate surface area is 171 Å². The van der Waals surface area contributed by atoms with Gasteiger partial charge in [0.2, 0.25) is 0 Å². The van der Waals surface area contributed by atoms with Crippen LogP contribution in [0.25, 0.3) is 5.69 Å². The quantitative estimate of drug-likeness (QED) is 0.857. The number of likely N-dealkylation sites (N-methyl/N-ethyl adjacent to an activating group) is 1. The summed E-state index contributed by atoms with van der Waals surface area (Å²) in [5.74, 6) is -0.280. The van der Waals surface area contributed by atoms with Crippen LogP contribution in [0.1, 0.15) is 39.9 Å². The molecule has 1 amide bonds. The molecule has 1 fully saturated rings. The molecule has 0 bridgehead atoms. The van der Waals surface area contributed by atoms with Crippen molar-refractivity contribution in [3.8, 4) is 5.69 Å². The number of hydrogen-bond acceptors (Lipinski definition) is 4. The Hall–Kier alpha value is -2.44. The molecule has 2 aliphatic rings. The van der Waals surface area contributed by atoms with E-state index in [9.17, 15) is 14.7 Å². The number of fused-ring (bicyclic) bond motifs is 1. The summed E-state index contributed by atoms with van der Waals surface area (Å²) in [5, 5.41) is 9.81. The molecular weight excluding hydrogens is 366 g/mol. The molecule has 6 heteroatoms. The van der Waals surface area contributed by atoms with Crippen LogP contribution >= 0.6 is 0 Å². The van der Waals surface area contributed by atoms with E-state index in [0.29, 0.717) is 18.5 Å². The fourth-order valence-corrected chi connectivity index (χ4v) is 4.73. The molecule has 1 saturated heterocycles. The van der Waals surface area contributed by atoms with Gasteiger partial charge in [0.1, 0.15) is 5.56 Å². The van der Waals surface area contributed by atoms with Gasteiger partial charge in [-0.2, -0.15) is 0 Å². The van der Waals surface area contributed by atoms with Crippen molar-refractivity contribution in [3.63, 3.8) is 0 Å². The maximum Gasteiger partial charge on any atom is 0.268 e. The molecule has 4 rings (SSSR count). The van der Waals surface area contributed by atoms with Gasteiger partial charge in [-0.3, -0.25) is 14.2 Å². The molecular formula is C23H29N3O3. The van der Waals surface area contributed by atoms with E-state index < -0.39 is 0 Å². The molecule has 2 atom stereocenters. The van der Waals surface area contributed by atoms with E-state index in [1.165, 1.54) is 11.1 Å². The second kappa shape index (κ2) is 7.76. The summed E-state index contributed by atoms with van der Waals surface area (Å²) in [7, 11) is 3.95. The van der Waals surface area contributed by atoms with Crippen LogP contribution in [0.2, 0.25) is 0 Å². The van der Waals surface area contributed by atoms with Gasteiger partial charge in [0.15, 0.2) is 0 Å². The highest BCUT2D eigenvalue weighted by atomic mass is 16.3. The minimum Gasteiger partial charge on any atom is -0.394 e. The second-order valence-electron chi connectivity index (χ2n) is 8.46. The monoisotopic (exact) mass is 395 g/mol. The van der Waals surface area contributed by atoms with E-state index in [0.717, 1.165) is 24.9 Å². The van der Waals surface area contributed by atoms with E-state index >= 15 is 0 Å². The molecule has 6 nitrogen and oxygen atoms in total. The van der Waals surface area contributed by atoms with Crippen LogP contribution < -0.4 is 5.56 Å². The van der Waals surface area contributed by atoms with Crippen molar-refractivity contribution in [1.29, 1.82) is 0 Å². The Morgan fingerprint density at radius 2 is 2.03 bits per heavy atom. The van der Waals surface area contributed by atoms with Crippen LogP contribution in [0.3, 0.4) is 0 Å². The van der Waals surface area contributed by atoms with Gasteiger partial charge in [-0.05, 0) is 75.5 Å². The van der Waals surface area contributed by atoms with Gasteiger partial charge in [-0.1, -0.05) is 12.1 Å². The van der Waals surface area contributed by atoms with Crippen molar-refractivity contribution in [2.45, 2.75) is 44.7 Å². The largest absolute Gasteiger partial charge is 0.394 e. The Kier molecular flexibility index (Phi) is 5.32. The van der Waals surface area contributed by atoms with Gasteiger partial charge in [0.25, 0.3) is 11.5 Å². The number of rotatable bonds is 4. The summed E-state index contributed by atoms with van der Waals surface area (Å²) in [6.45, 7) is 2.23. The minimum absolute atomic E-state index is 0.0949. The summed E-state index contributed by atoms with van der Waals surface area (Å²) in [6.07, 6.45) is 5.57. The molecule has 154 valence electrons. The summed E-state index contributed by atoms with van der Waals surface area (Å²) < 4.78 is 1.62. The normalized spacial score (nSPS) is 21.1. The SMILES string of the molecule is Cc1ccn(-c2cccc3c2CCC3)c(=O)c1C(=O)N1C[C@@H](N(C)C)C[C@H]1CO. The standard InChI is InChI=1S/C23H29N3O3/c1-15-10-11-25(20-9-5-7-16-6-4-8-19(16)20)22(28)21(15)23(29)26-13-17(24(2)3)12-18(26)14-27/h5,7,9-11,17-18,27H,4,6,8,12-14H2,1-3H3/t17-,18-/m0/s1. The molecule has 0 spiro atoms. The van der Waals surface area contributed by atoms with E-state index in [1.807, 2.05) is 39.2 Å². The van der Waals surface area contributed by atoms with Crippen molar-refractivity contribution in [2.75, 3.05) is 27.2 Å². The first kappa shape index (κ1) is 19.9. The number of nitrogens with zero attached hydrogens (tertiary/aromatic N) is 3. The van der Waals surface area contributed by atoms with E-state index in [1.54, 1.807) is 15.7 Å². The average Bonchev–Trinajstić information content (AvgIpc) is 3.35. The molecule has 0 saturated carbocycles. The zero-order valence-corrected chi connectivity index (χ0v) is 17.4. The second-order valence-corrected chi connectivity index (χ2v) is 8.46. The van der Waals surface area contributed by atoms with Gasteiger partial charge >= 0.3 is 0 Å². The van der Waals surface area contributed by atoms with Crippen LogP contribution in [0, 0.1) is 6.92 Å². The lowest BCUT2D eigenvalue weighted by Gasteiger charge is -2.24. The van der Waals surface area contributed by atoms with Crippen molar-refractivity contribution in [1.82, 2.24) is 14.4 Å². The lowest BCUT2D eigenvalue weighted by molar-refractivity contribution is 0.0670. The van der Waals surface area contributed by atoms with Gasteiger partial charge in [-0.25, -0.2) is 0 Å². The smallest absolute Gasteiger partial charge is 0.268 e. The average molecular weight is 396 g/mol. The summed E-state index contributed by atoms with van der Waals surface area (Å²) in [6, 6.07) is 7.83. The third kappa shape index (κ3) is 3.40. The van der Waals surface area contributed by atoms with Crippen LogP contribution in [-0.4, -0.2) is 64.7 Å². The van der Waals surface area contributed by atoms with Crippen LogP contribution in [0.15, 0.2) is 35.3 Å². The molecule has 1 aliphatic heterocycles. The molecule has 1 N–H and O–H groups in total. The molecule has 2 heterocycles. The molecule has 29 heavy (non-hydrogen) atoms. The Morgan fingerprint density at radius 1 is 1.24 bits per heavy atom. The van der Waals surface area contributed by atoms with E-state index in [4.69, 9.17) is 0 Å². The molecule has 0 unspecified atom stereocenters. The number of aromatic nitrogens is 1. The van der Waals surface area contributed by atoms with Crippen molar-refractivity contribution >= 4 is 5.91 Å². The highest BCUT2D eigenvalue weighted by Crippen LogP contribution is 2.28. The number of carbonyl (C=O) groups is 1. The predicted octanol–water partition coefficient (Wildman–Crippen LogP) is 1.77. The van der Waals surface area contributed by atoms with Crippen LogP contribution in [0.5, 0.6) is 0 Å². The lowest BCUT2D eigenvalue weighted by Crippen LogP contribution is -2.42. The van der Waals surface area contributed by atoms with Gasteiger partial charge in [-0.15, -0.1) is 0 Å². The van der Waals surface area contributed by atoms with Crippen molar-refractivity contribution in [2.24, 2.45) is 0 Å². The van der Waals surface area contributed by atoms with E-state index in [2.05, 4.69) is 11.0 Å². The Balaban J connectivity index is 1.76. The summed E-state index contributed by atoms with van der Waals surface area (Å²) >= 11 is 0. The van der Waals surface area contributed by atoms with Crippen LogP contribution in [0.4, 0.5) is 0 Å². The Bertz CT molecular complexity index is 995. The number of aliphatic hydroxyl groups is 1. The topological polar surface area (TPSA) is 65.8 Å². The summed E-state index contributed by atoms with van der Waals surface area (Å²) in [4.78, 5) is 30.6. The maximum atomic E-state index is 13.4. The highest BCUT2D eigenvalue weighted by molar-refractivity contribution is 5.95. The van der Waals surface area contributed by atoms with E-state index in [-0.39, 0.29) is 35.7 Å². The number of carbonyl (C=O) groups excluding carboxylic acids is 1. The summed E-state index contributed by atoms with van der Waals surface area (Å²) in [5.41, 5.74) is 3.98. The molecule has 2 aromatic rings. The number of benzene rings is 1. The highest BCUT2D eigenvalue weighted by Gasteiger charge is 2.37. The number of aryl methyl sites for hydroxylation is 2. The van der Waals surface area contributed by atoms with Crippen molar-refractivity contribution < 1.29 is 9.90 Å². The first-order chi connectivity index (χ1) is 13.9. The van der Waals surface area contributed by atoms with Gasteiger partial charge in [0, 0.05) is 18.8 Å². The minimum atomic E-state index is -0.280. The Morgan fingerprint density at radius 3 is 2.76 bits per heavy atom. The van der Waals surface area contributed by atoms with Crippen molar-refractivity contribution in [3.05, 3.63) is 63.1 Å². The predicted molar refractivity (Wildman–Crippen MR) is 113 cm³/mol. The third-order valence-corrected chi connectivity index (χ3v) is 6.49. The zero-order chi connectivity index (χ0) is 20.7. The molecule has 0 radical (unpaired) electrons. The van der Waals surface area contributed by atoms with Crippen LogP contribution in [-0.2, 0) is 12.8 Å². The number of amides is 1. The number of aliphatic hydroxyl groups excluding tert-OH is 1. The molecule has 1 aromatic heterocycles. The fraction of sp³-hybridized carbons (Fsp3) is 0.478.